The van der Waals surface area contributed by atoms with E-state index in [1.165, 1.54) is 0 Å². The first-order chi connectivity index (χ1) is 13.3. The fourth-order valence-corrected chi connectivity index (χ4v) is 3.73. The minimum atomic E-state index is -0.143. The van der Waals surface area contributed by atoms with Crippen LogP contribution in [0.15, 0.2) is 24.3 Å². The van der Waals surface area contributed by atoms with Gasteiger partial charge < -0.3 is 29.9 Å². The average molecular weight is 390 g/mol. The molecule has 0 radical (unpaired) electrons. The Morgan fingerprint density at radius 2 is 1.00 bits per heavy atom. The maximum Gasteiger partial charge on any atom is 0.322 e. The number of urea groups is 2. The molecule has 4 unspecified atom stereocenters. The van der Waals surface area contributed by atoms with E-state index in [-0.39, 0.29) is 36.5 Å². The number of carbonyl (C=O) groups is 2. The quantitative estimate of drug-likeness (QED) is 0.813. The molecule has 28 heavy (non-hydrogen) atoms. The Bertz CT molecular complexity index is 617. The highest BCUT2D eigenvalue weighted by Crippen LogP contribution is 2.18. The van der Waals surface area contributed by atoms with Gasteiger partial charge in [-0.05, 0) is 52.0 Å². The van der Waals surface area contributed by atoms with E-state index in [1.807, 2.05) is 27.7 Å². The third-order valence-corrected chi connectivity index (χ3v) is 4.80. The molecule has 0 aromatic heterocycles. The molecule has 2 saturated heterocycles. The zero-order valence-electron chi connectivity index (χ0n) is 17.0. The number of anilines is 2. The zero-order valence-corrected chi connectivity index (χ0v) is 17.0. The molecule has 0 saturated carbocycles. The number of carbonyl (C=O) groups excluding carboxylic acids is 2. The van der Waals surface area contributed by atoms with E-state index in [9.17, 15) is 9.59 Å². The monoisotopic (exact) mass is 390 g/mol. The fraction of sp³-hybridized carbons (Fsp3) is 0.600. The van der Waals surface area contributed by atoms with Gasteiger partial charge in [-0.25, -0.2) is 9.59 Å². The molecular formula is C20H30N4O4. The topological polar surface area (TPSA) is 83.1 Å². The fourth-order valence-electron chi connectivity index (χ4n) is 3.73. The lowest BCUT2D eigenvalue weighted by atomic mass is 10.2. The molecule has 2 heterocycles. The number of rotatable bonds is 2. The van der Waals surface area contributed by atoms with Gasteiger partial charge in [0.2, 0.25) is 0 Å². The number of benzene rings is 1. The molecule has 8 nitrogen and oxygen atoms in total. The Labute approximate surface area is 166 Å². The maximum absolute atomic E-state index is 12.5. The molecule has 4 atom stereocenters. The Hall–Kier alpha value is -2.32. The highest BCUT2D eigenvalue weighted by molar-refractivity contribution is 5.91. The van der Waals surface area contributed by atoms with Crippen molar-refractivity contribution in [3.8, 4) is 0 Å². The summed E-state index contributed by atoms with van der Waals surface area (Å²) < 4.78 is 11.3. The molecule has 3 rings (SSSR count). The second kappa shape index (κ2) is 8.79. The van der Waals surface area contributed by atoms with Crippen LogP contribution in [0.4, 0.5) is 21.0 Å². The summed E-state index contributed by atoms with van der Waals surface area (Å²) in [6, 6.07) is 6.85. The van der Waals surface area contributed by atoms with Crippen molar-refractivity contribution in [3.05, 3.63) is 24.3 Å². The van der Waals surface area contributed by atoms with Crippen molar-refractivity contribution in [2.45, 2.75) is 52.1 Å². The molecule has 0 spiro atoms. The molecule has 8 heteroatoms. The van der Waals surface area contributed by atoms with Crippen molar-refractivity contribution in [2.75, 3.05) is 36.8 Å². The number of nitrogens with zero attached hydrogens (tertiary/aromatic N) is 2. The van der Waals surface area contributed by atoms with E-state index in [4.69, 9.17) is 9.47 Å². The molecule has 2 aliphatic rings. The van der Waals surface area contributed by atoms with Gasteiger partial charge in [-0.2, -0.15) is 0 Å². The van der Waals surface area contributed by atoms with Gasteiger partial charge >= 0.3 is 12.1 Å². The van der Waals surface area contributed by atoms with Gasteiger partial charge in [-0.1, -0.05) is 0 Å². The number of hydrogen-bond donors (Lipinski definition) is 2. The lowest BCUT2D eigenvalue weighted by molar-refractivity contribution is -0.0531. The Morgan fingerprint density at radius 1 is 0.714 bits per heavy atom. The van der Waals surface area contributed by atoms with Gasteiger partial charge in [0, 0.05) is 37.6 Å². The van der Waals surface area contributed by atoms with Crippen LogP contribution < -0.4 is 10.6 Å². The Kier molecular flexibility index (Phi) is 6.41. The second-order valence-corrected chi connectivity index (χ2v) is 7.76. The molecule has 0 aliphatic carbocycles. The normalized spacial score (nSPS) is 28.0. The van der Waals surface area contributed by atoms with Gasteiger partial charge in [-0.3, -0.25) is 0 Å². The molecule has 2 fully saturated rings. The first-order valence-electron chi connectivity index (χ1n) is 9.83. The lowest BCUT2D eigenvalue weighted by Crippen LogP contribution is -2.49. The molecule has 154 valence electrons. The summed E-state index contributed by atoms with van der Waals surface area (Å²) in [5, 5.41) is 5.80. The summed E-state index contributed by atoms with van der Waals surface area (Å²) >= 11 is 0. The van der Waals surface area contributed by atoms with Crippen LogP contribution in [0.2, 0.25) is 0 Å². The number of ether oxygens (including phenoxy) is 2. The lowest BCUT2D eigenvalue weighted by Gasteiger charge is -2.35. The molecule has 1 aromatic rings. The minimum Gasteiger partial charge on any atom is -0.372 e. The van der Waals surface area contributed by atoms with Crippen molar-refractivity contribution >= 4 is 23.4 Å². The van der Waals surface area contributed by atoms with Crippen LogP contribution in [-0.2, 0) is 9.47 Å². The minimum absolute atomic E-state index is 0.0257. The van der Waals surface area contributed by atoms with E-state index >= 15 is 0 Å². The molecule has 0 bridgehead atoms. The Balaban J connectivity index is 1.53. The van der Waals surface area contributed by atoms with Crippen LogP contribution in [0.5, 0.6) is 0 Å². The van der Waals surface area contributed by atoms with Crippen LogP contribution in [0.1, 0.15) is 27.7 Å². The summed E-state index contributed by atoms with van der Waals surface area (Å²) in [4.78, 5) is 28.4. The summed E-state index contributed by atoms with van der Waals surface area (Å²) in [6.45, 7) is 10.1. The molecule has 2 N–H and O–H groups in total. The van der Waals surface area contributed by atoms with Crippen LogP contribution >= 0.6 is 0 Å². The van der Waals surface area contributed by atoms with Crippen LogP contribution in [0.25, 0.3) is 0 Å². The van der Waals surface area contributed by atoms with E-state index in [0.29, 0.717) is 37.6 Å². The molecule has 2 aliphatic heterocycles. The number of hydrogen-bond acceptors (Lipinski definition) is 4. The molecule has 1 aromatic carbocycles. The summed E-state index contributed by atoms with van der Waals surface area (Å²) in [5.74, 6) is 0. The van der Waals surface area contributed by atoms with Crippen LogP contribution in [0, 0.1) is 0 Å². The zero-order chi connectivity index (χ0) is 20.3. The molecular weight excluding hydrogens is 360 g/mol. The predicted molar refractivity (Wildman–Crippen MR) is 108 cm³/mol. The van der Waals surface area contributed by atoms with Crippen molar-refractivity contribution in [1.82, 2.24) is 9.80 Å². The van der Waals surface area contributed by atoms with Crippen molar-refractivity contribution in [2.24, 2.45) is 0 Å². The van der Waals surface area contributed by atoms with E-state index in [1.54, 1.807) is 34.1 Å². The second-order valence-electron chi connectivity index (χ2n) is 7.76. The van der Waals surface area contributed by atoms with Crippen molar-refractivity contribution in [1.29, 1.82) is 0 Å². The Morgan fingerprint density at radius 3 is 1.29 bits per heavy atom. The van der Waals surface area contributed by atoms with Crippen molar-refractivity contribution < 1.29 is 19.1 Å². The van der Waals surface area contributed by atoms with Crippen LogP contribution in [0.3, 0.4) is 0 Å². The van der Waals surface area contributed by atoms with E-state index in [2.05, 4.69) is 10.6 Å². The average Bonchev–Trinajstić information content (AvgIpc) is 2.61. The van der Waals surface area contributed by atoms with Gasteiger partial charge in [0.05, 0.1) is 24.4 Å². The summed E-state index contributed by atoms with van der Waals surface area (Å²) in [5.41, 5.74) is 1.37. The highest BCUT2D eigenvalue weighted by atomic mass is 16.5. The third-order valence-electron chi connectivity index (χ3n) is 4.80. The predicted octanol–water partition coefficient (Wildman–Crippen LogP) is 2.97. The first kappa shape index (κ1) is 20.4. The number of morpholine rings is 2. The van der Waals surface area contributed by atoms with Crippen LogP contribution in [-0.4, -0.2) is 72.5 Å². The van der Waals surface area contributed by atoms with E-state index in [0.717, 1.165) is 0 Å². The standard InChI is InChI=1S/C20H30N4O4/c1-13-9-23(10-14(2)27-13)19(25)21-17-5-7-18(8-6-17)22-20(26)24-11-15(3)28-16(4)12-24/h5-8,13-16H,9-12H2,1-4H3,(H,21,25)(H,22,26). The summed E-state index contributed by atoms with van der Waals surface area (Å²) in [6.07, 6.45) is 0.103. The van der Waals surface area contributed by atoms with Gasteiger partial charge in [0.1, 0.15) is 0 Å². The van der Waals surface area contributed by atoms with Gasteiger partial charge in [-0.15, -0.1) is 0 Å². The number of nitrogens with one attached hydrogen (secondary N) is 2. The smallest absolute Gasteiger partial charge is 0.322 e. The van der Waals surface area contributed by atoms with Gasteiger partial charge in [0.15, 0.2) is 0 Å². The largest absolute Gasteiger partial charge is 0.372 e. The van der Waals surface area contributed by atoms with Crippen molar-refractivity contribution in [3.63, 3.8) is 0 Å². The SMILES string of the molecule is CC1CN(C(=O)Nc2ccc(NC(=O)N3CC(C)OC(C)C3)cc2)CC(C)O1. The maximum atomic E-state index is 12.5. The van der Waals surface area contributed by atoms with E-state index < -0.39 is 0 Å². The molecule has 4 amide bonds. The highest BCUT2D eigenvalue weighted by Gasteiger charge is 2.27. The summed E-state index contributed by atoms with van der Waals surface area (Å²) in [7, 11) is 0. The van der Waals surface area contributed by atoms with Gasteiger partial charge in [0.25, 0.3) is 0 Å². The first-order valence-corrected chi connectivity index (χ1v) is 9.83. The third kappa shape index (κ3) is 5.36. The number of amides is 4.